The molecule has 0 unspecified atom stereocenters. The van der Waals surface area contributed by atoms with E-state index in [9.17, 15) is 0 Å². The van der Waals surface area contributed by atoms with Crippen LogP contribution in [0.4, 0.5) is 0 Å². The van der Waals surface area contributed by atoms with Gasteiger partial charge in [-0.25, -0.2) is 4.98 Å². The van der Waals surface area contributed by atoms with Gasteiger partial charge < -0.3 is 10.5 Å². The Labute approximate surface area is 93.7 Å². The van der Waals surface area contributed by atoms with Crippen molar-refractivity contribution in [1.29, 1.82) is 0 Å². The molecular weight excluding hydrogens is 208 g/mol. The Kier molecular flexibility index (Phi) is 2.30. The van der Waals surface area contributed by atoms with Crippen molar-refractivity contribution in [3.63, 3.8) is 0 Å². The van der Waals surface area contributed by atoms with E-state index < -0.39 is 0 Å². The minimum atomic E-state index is -0.123. The SMILES string of the molecule is NC1(c2nc3c(s2)COCC3)CCCC1. The second kappa shape index (κ2) is 3.54. The summed E-state index contributed by atoms with van der Waals surface area (Å²) in [6.07, 6.45) is 5.65. The van der Waals surface area contributed by atoms with E-state index >= 15 is 0 Å². The summed E-state index contributed by atoms with van der Waals surface area (Å²) >= 11 is 1.77. The summed E-state index contributed by atoms with van der Waals surface area (Å²) < 4.78 is 5.43. The van der Waals surface area contributed by atoms with Gasteiger partial charge in [0.15, 0.2) is 0 Å². The largest absolute Gasteiger partial charge is 0.375 e. The van der Waals surface area contributed by atoms with Gasteiger partial charge in [-0.3, -0.25) is 0 Å². The highest BCUT2D eigenvalue weighted by molar-refractivity contribution is 7.11. The first-order valence-corrected chi connectivity index (χ1v) is 6.45. The van der Waals surface area contributed by atoms with Gasteiger partial charge in [-0.15, -0.1) is 11.3 Å². The summed E-state index contributed by atoms with van der Waals surface area (Å²) in [4.78, 5) is 6.02. The number of nitrogens with zero attached hydrogens (tertiary/aromatic N) is 1. The van der Waals surface area contributed by atoms with Crippen LogP contribution < -0.4 is 5.73 Å². The van der Waals surface area contributed by atoms with E-state index in [1.54, 1.807) is 11.3 Å². The lowest BCUT2D eigenvalue weighted by atomic mass is 10.0. The highest BCUT2D eigenvalue weighted by atomic mass is 32.1. The molecule has 1 aromatic rings. The second-order valence-corrected chi connectivity index (χ2v) is 5.64. The highest BCUT2D eigenvalue weighted by Gasteiger charge is 2.35. The van der Waals surface area contributed by atoms with Crippen LogP contribution in [-0.4, -0.2) is 11.6 Å². The molecule has 82 valence electrons. The van der Waals surface area contributed by atoms with Crippen LogP contribution in [0, 0.1) is 0 Å². The predicted molar refractivity (Wildman–Crippen MR) is 59.8 cm³/mol. The van der Waals surface area contributed by atoms with Crippen LogP contribution in [0.15, 0.2) is 0 Å². The molecule has 2 N–H and O–H groups in total. The van der Waals surface area contributed by atoms with E-state index in [2.05, 4.69) is 0 Å². The molecule has 0 spiro atoms. The average Bonchev–Trinajstić information content (AvgIpc) is 2.84. The molecule has 0 aromatic carbocycles. The molecule has 2 heterocycles. The summed E-state index contributed by atoms with van der Waals surface area (Å²) in [6.45, 7) is 1.55. The molecule has 15 heavy (non-hydrogen) atoms. The van der Waals surface area contributed by atoms with Crippen LogP contribution in [0.2, 0.25) is 0 Å². The molecule has 0 bridgehead atoms. The van der Waals surface area contributed by atoms with Gasteiger partial charge in [0, 0.05) is 6.42 Å². The highest BCUT2D eigenvalue weighted by Crippen LogP contribution is 2.39. The lowest BCUT2D eigenvalue weighted by molar-refractivity contribution is 0.112. The zero-order chi connectivity index (χ0) is 10.3. The van der Waals surface area contributed by atoms with E-state index in [1.807, 2.05) is 0 Å². The molecular formula is C11H16N2OS. The van der Waals surface area contributed by atoms with Crippen molar-refractivity contribution in [2.75, 3.05) is 6.61 Å². The molecule has 0 saturated heterocycles. The van der Waals surface area contributed by atoms with Gasteiger partial charge in [0.2, 0.25) is 0 Å². The van der Waals surface area contributed by atoms with E-state index in [-0.39, 0.29) is 5.54 Å². The Morgan fingerprint density at radius 1 is 1.33 bits per heavy atom. The fourth-order valence-electron chi connectivity index (χ4n) is 2.46. The Hall–Kier alpha value is -0.450. The van der Waals surface area contributed by atoms with Crippen molar-refractivity contribution >= 4 is 11.3 Å². The lowest BCUT2D eigenvalue weighted by Crippen LogP contribution is -2.32. The Balaban J connectivity index is 1.95. The molecule has 1 aromatic heterocycles. The van der Waals surface area contributed by atoms with Crippen molar-refractivity contribution in [2.24, 2.45) is 5.73 Å². The first-order chi connectivity index (χ1) is 7.28. The molecule has 1 aliphatic carbocycles. The monoisotopic (exact) mass is 224 g/mol. The summed E-state index contributed by atoms with van der Waals surface area (Å²) in [5.74, 6) is 0. The molecule has 1 saturated carbocycles. The van der Waals surface area contributed by atoms with Crippen LogP contribution in [0.3, 0.4) is 0 Å². The van der Waals surface area contributed by atoms with Gasteiger partial charge in [-0.2, -0.15) is 0 Å². The number of thiazole rings is 1. The third kappa shape index (κ3) is 1.61. The molecule has 3 rings (SSSR count). The zero-order valence-electron chi connectivity index (χ0n) is 8.79. The Morgan fingerprint density at radius 3 is 2.87 bits per heavy atom. The van der Waals surface area contributed by atoms with E-state index in [4.69, 9.17) is 15.5 Å². The number of aromatic nitrogens is 1. The van der Waals surface area contributed by atoms with Gasteiger partial charge in [0.05, 0.1) is 29.3 Å². The molecule has 1 fully saturated rings. The molecule has 0 radical (unpaired) electrons. The maximum Gasteiger partial charge on any atom is 0.113 e. The predicted octanol–water partition coefficient (Wildman–Crippen LogP) is 1.94. The van der Waals surface area contributed by atoms with E-state index in [0.29, 0.717) is 0 Å². The summed E-state index contributed by atoms with van der Waals surface area (Å²) in [6, 6.07) is 0. The zero-order valence-corrected chi connectivity index (χ0v) is 9.61. The summed E-state index contributed by atoms with van der Waals surface area (Å²) in [5, 5.41) is 1.15. The van der Waals surface area contributed by atoms with Crippen LogP contribution in [0.1, 0.15) is 41.3 Å². The van der Waals surface area contributed by atoms with Crippen molar-refractivity contribution in [2.45, 2.75) is 44.2 Å². The number of hydrogen-bond donors (Lipinski definition) is 1. The van der Waals surface area contributed by atoms with Crippen molar-refractivity contribution < 1.29 is 4.74 Å². The average molecular weight is 224 g/mol. The van der Waals surface area contributed by atoms with Crippen molar-refractivity contribution in [3.05, 3.63) is 15.6 Å². The minimum Gasteiger partial charge on any atom is -0.375 e. The molecule has 2 aliphatic rings. The van der Waals surface area contributed by atoms with Crippen molar-refractivity contribution in [1.82, 2.24) is 4.98 Å². The minimum absolute atomic E-state index is 0.123. The van der Waals surface area contributed by atoms with Gasteiger partial charge in [0.1, 0.15) is 5.01 Å². The number of hydrogen-bond acceptors (Lipinski definition) is 4. The number of nitrogens with two attached hydrogens (primary N) is 1. The number of rotatable bonds is 1. The molecule has 0 amide bonds. The number of fused-ring (bicyclic) bond motifs is 1. The maximum atomic E-state index is 6.40. The molecule has 1 aliphatic heterocycles. The van der Waals surface area contributed by atoms with Gasteiger partial charge >= 0.3 is 0 Å². The molecule has 3 nitrogen and oxygen atoms in total. The van der Waals surface area contributed by atoms with Crippen LogP contribution in [-0.2, 0) is 23.3 Å². The lowest BCUT2D eigenvalue weighted by Gasteiger charge is -2.19. The maximum absolute atomic E-state index is 6.40. The third-order valence-corrected chi connectivity index (χ3v) is 4.71. The normalized spacial score (nSPS) is 24.1. The smallest absolute Gasteiger partial charge is 0.113 e. The quantitative estimate of drug-likeness (QED) is 0.793. The summed E-state index contributed by atoms with van der Waals surface area (Å²) in [5.41, 5.74) is 7.51. The Bertz CT molecular complexity index is 345. The molecule has 4 heteroatoms. The molecule has 0 atom stereocenters. The van der Waals surface area contributed by atoms with Crippen LogP contribution in [0.25, 0.3) is 0 Å². The number of ether oxygens (including phenoxy) is 1. The van der Waals surface area contributed by atoms with Crippen LogP contribution in [0.5, 0.6) is 0 Å². The first-order valence-electron chi connectivity index (χ1n) is 5.64. The van der Waals surface area contributed by atoms with Crippen LogP contribution >= 0.6 is 11.3 Å². The van der Waals surface area contributed by atoms with E-state index in [1.165, 1.54) is 23.4 Å². The fourth-order valence-corrected chi connectivity index (χ4v) is 3.66. The first kappa shape index (κ1) is 9.75. The topological polar surface area (TPSA) is 48.1 Å². The van der Waals surface area contributed by atoms with Gasteiger partial charge in [0.25, 0.3) is 0 Å². The van der Waals surface area contributed by atoms with E-state index in [0.717, 1.165) is 37.5 Å². The summed E-state index contributed by atoms with van der Waals surface area (Å²) in [7, 11) is 0. The second-order valence-electron chi connectivity index (χ2n) is 4.55. The van der Waals surface area contributed by atoms with Gasteiger partial charge in [-0.1, -0.05) is 12.8 Å². The van der Waals surface area contributed by atoms with Crippen molar-refractivity contribution in [3.8, 4) is 0 Å². The third-order valence-electron chi connectivity index (χ3n) is 3.42. The van der Waals surface area contributed by atoms with Gasteiger partial charge in [-0.05, 0) is 12.8 Å². The fraction of sp³-hybridized carbons (Fsp3) is 0.727. The standard InChI is InChI=1S/C11H16N2OS/c12-11(4-1-2-5-11)10-13-8-3-6-14-7-9(8)15-10/h1-7,12H2. The Morgan fingerprint density at radius 2 is 2.13 bits per heavy atom.